The van der Waals surface area contributed by atoms with Crippen LogP contribution in [0.1, 0.15) is 24.4 Å². The zero-order valence-corrected chi connectivity index (χ0v) is 9.31. The number of aryl methyl sites for hydroxylation is 1. The molecule has 0 saturated heterocycles. The topological polar surface area (TPSA) is 43.8 Å². The van der Waals surface area contributed by atoms with E-state index in [2.05, 4.69) is 4.98 Å². The molecule has 0 saturated carbocycles. The van der Waals surface area contributed by atoms with Gasteiger partial charge < -0.3 is 10.3 Å². The van der Waals surface area contributed by atoms with Crippen LogP contribution in [0.25, 0.3) is 5.69 Å². The van der Waals surface area contributed by atoms with Crippen LogP contribution in [-0.4, -0.2) is 9.55 Å². The Morgan fingerprint density at radius 3 is 2.75 bits per heavy atom. The van der Waals surface area contributed by atoms with Gasteiger partial charge in [-0.2, -0.15) is 0 Å². The van der Waals surface area contributed by atoms with Gasteiger partial charge >= 0.3 is 0 Å². The summed E-state index contributed by atoms with van der Waals surface area (Å²) in [5.74, 6) is 0.535. The molecule has 0 aliphatic heterocycles. The molecule has 0 amide bonds. The van der Waals surface area contributed by atoms with Gasteiger partial charge in [0.25, 0.3) is 0 Å². The molecule has 2 aromatic rings. The molecule has 2 N–H and O–H groups in total. The van der Waals surface area contributed by atoms with Gasteiger partial charge in [-0.3, -0.25) is 0 Å². The van der Waals surface area contributed by atoms with Crippen molar-refractivity contribution in [2.45, 2.75) is 19.9 Å². The summed E-state index contributed by atoms with van der Waals surface area (Å²) >= 11 is 0. The molecule has 0 spiro atoms. The number of nitrogens with zero attached hydrogens (tertiary/aromatic N) is 2. The van der Waals surface area contributed by atoms with Gasteiger partial charge in [0.2, 0.25) is 0 Å². The zero-order chi connectivity index (χ0) is 11.7. The number of hydrogen-bond donors (Lipinski definition) is 1. The van der Waals surface area contributed by atoms with Crippen LogP contribution in [0.5, 0.6) is 0 Å². The fourth-order valence-electron chi connectivity index (χ4n) is 1.82. The van der Waals surface area contributed by atoms with Crippen LogP contribution in [0, 0.1) is 12.7 Å². The van der Waals surface area contributed by atoms with Crippen molar-refractivity contribution in [3.8, 4) is 5.69 Å². The van der Waals surface area contributed by atoms with E-state index in [-0.39, 0.29) is 11.9 Å². The van der Waals surface area contributed by atoms with Gasteiger partial charge in [0, 0.05) is 24.0 Å². The van der Waals surface area contributed by atoms with Crippen LogP contribution in [0.2, 0.25) is 0 Å². The normalized spacial score (nSPS) is 12.8. The number of nitrogens with two attached hydrogens (primary N) is 1. The minimum Gasteiger partial charge on any atom is -0.324 e. The fraction of sp³-hybridized carbons (Fsp3) is 0.250. The molecular weight excluding hydrogens is 205 g/mol. The lowest BCUT2D eigenvalue weighted by Gasteiger charge is -2.15. The third kappa shape index (κ3) is 1.72. The molecule has 0 bridgehead atoms. The molecule has 0 radical (unpaired) electrons. The van der Waals surface area contributed by atoms with Gasteiger partial charge in [-0.05, 0) is 26.0 Å². The minimum atomic E-state index is -0.349. The second-order valence-corrected chi connectivity index (χ2v) is 3.81. The van der Waals surface area contributed by atoms with Crippen LogP contribution in [0.15, 0.2) is 30.6 Å². The molecule has 0 unspecified atom stereocenters. The van der Waals surface area contributed by atoms with E-state index in [1.807, 2.05) is 17.6 Å². The molecule has 1 aromatic heterocycles. The highest BCUT2D eigenvalue weighted by atomic mass is 19.1. The lowest BCUT2D eigenvalue weighted by atomic mass is 10.1. The number of hydrogen-bond acceptors (Lipinski definition) is 2. The number of imidazole rings is 1. The fourth-order valence-corrected chi connectivity index (χ4v) is 1.82. The average Bonchev–Trinajstić information content (AvgIpc) is 2.63. The van der Waals surface area contributed by atoms with Gasteiger partial charge in [-0.15, -0.1) is 0 Å². The standard InChI is InChI=1S/C12H14FN3/c1-8(14)12-10(13)4-3-5-11(12)16-7-6-15-9(16)2/h3-8H,14H2,1-2H3/t8-/m1/s1. The molecule has 1 atom stereocenters. The SMILES string of the molecule is Cc1nccn1-c1cccc(F)c1[C@@H](C)N. The Morgan fingerprint density at radius 2 is 2.19 bits per heavy atom. The predicted molar refractivity (Wildman–Crippen MR) is 60.9 cm³/mol. The molecule has 16 heavy (non-hydrogen) atoms. The van der Waals surface area contributed by atoms with Crippen LogP contribution in [0.3, 0.4) is 0 Å². The van der Waals surface area contributed by atoms with Gasteiger partial charge in [-0.25, -0.2) is 9.37 Å². The lowest BCUT2D eigenvalue weighted by molar-refractivity contribution is 0.591. The third-order valence-electron chi connectivity index (χ3n) is 2.57. The predicted octanol–water partition coefficient (Wildman–Crippen LogP) is 2.34. The average molecular weight is 219 g/mol. The molecule has 1 heterocycles. The molecule has 0 aliphatic carbocycles. The van der Waals surface area contributed by atoms with E-state index in [4.69, 9.17) is 5.73 Å². The Kier molecular flexibility index (Phi) is 2.75. The molecule has 0 aliphatic rings. The maximum Gasteiger partial charge on any atom is 0.130 e. The minimum absolute atomic E-state index is 0.277. The summed E-state index contributed by atoms with van der Waals surface area (Å²) in [4.78, 5) is 4.12. The molecule has 3 nitrogen and oxygen atoms in total. The van der Waals surface area contributed by atoms with Gasteiger partial charge in [0.15, 0.2) is 0 Å². The van der Waals surface area contributed by atoms with Crippen molar-refractivity contribution in [2.24, 2.45) is 5.73 Å². The van der Waals surface area contributed by atoms with Crippen molar-refractivity contribution in [1.29, 1.82) is 0 Å². The van der Waals surface area contributed by atoms with Crippen LogP contribution in [0.4, 0.5) is 4.39 Å². The van der Waals surface area contributed by atoms with Crippen LogP contribution < -0.4 is 5.73 Å². The molecule has 4 heteroatoms. The van der Waals surface area contributed by atoms with Gasteiger partial charge in [-0.1, -0.05) is 6.07 Å². The van der Waals surface area contributed by atoms with Crippen molar-refractivity contribution in [2.75, 3.05) is 0 Å². The van der Waals surface area contributed by atoms with Crippen LogP contribution in [-0.2, 0) is 0 Å². The first kappa shape index (κ1) is 10.8. The first-order chi connectivity index (χ1) is 7.61. The number of rotatable bonds is 2. The second kappa shape index (κ2) is 4.06. The summed E-state index contributed by atoms with van der Waals surface area (Å²) < 4.78 is 15.5. The summed E-state index contributed by atoms with van der Waals surface area (Å²) in [6.45, 7) is 3.64. The van der Waals surface area contributed by atoms with Crippen molar-refractivity contribution < 1.29 is 4.39 Å². The van der Waals surface area contributed by atoms with Gasteiger partial charge in [0.05, 0.1) is 5.69 Å². The quantitative estimate of drug-likeness (QED) is 0.842. The third-order valence-corrected chi connectivity index (χ3v) is 2.57. The largest absolute Gasteiger partial charge is 0.324 e. The highest BCUT2D eigenvalue weighted by Crippen LogP contribution is 2.24. The summed E-state index contributed by atoms with van der Waals surface area (Å²) in [7, 11) is 0. The maximum atomic E-state index is 13.7. The first-order valence-electron chi connectivity index (χ1n) is 5.15. The lowest BCUT2D eigenvalue weighted by Crippen LogP contribution is -2.12. The smallest absolute Gasteiger partial charge is 0.130 e. The summed E-state index contributed by atoms with van der Waals surface area (Å²) in [6.07, 6.45) is 3.49. The Labute approximate surface area is 93.7 Å². The number of benzene rings is 1. The monoisotopic (exact) mass is 219 g/mol. The van der Waals surface area contributed by atoms with Crippen molar-refractivity contribution in [3.63, 3.8) is 0 Å². The molecule has 2 rings (SSSR count). The van der Waals surface area contributed by atoms with E-state index in [9.17, 15) is 4.39 Å². The highest BCUT2D eigenvalue weighted by molar-refractivity contribution is 5.44. The second-order valence-electron chi connectivity index (χ2n) is 3.81. The Hall–Kier alpha value is -1.68. The zero-order valence-electron chi connectivity index (χ0n) is 9.31. The van der Waals surface area contributed by atoms with Crippen molar-refractivity contribution in [3.05, 3.63) is 47.8 Å². The first-order valence-corrected chi connectivity index (χ1v) is 5.15. The highest BCUT2D eigenvalue weighted by Gasteiger charge is 2.14. The Balaban J connectivity index is 2.66. The molecular formula is C12H14FN3. The van der Waals surface area contributed by atoms with E-state index in [1.54, 1.807) is 25.4 Å². The Morgan fingerprint density at radius 1 is 1.44 bits per heavy atom. The molecule has 84 valence electrons. The van der Waals surface area contributed by atoms with E-state index in [0.29, 0.717) is 5.56 Å². The molecule has 1 aromatic carbocycles. The van der Waals surface area contributed by atoms with E-state index < -0.39 is 0 Å². The maximum absolute atomic E-state index is 13.7. The summed E-state index contributed by atoms with van der Waals surface area (Å²) in [5, 5.41) is 0. The van der Waals surface area contributed by atoms with Crippen molar-refractivity contribution >= 4 is 0 Å². The van der Waals surface area contributed by atoms with E-state index in [0.717, 1.165) is 11.5 Å². The Bertz CT molecular complexity index is 503. The van der Waals surface area contributed by atoms with Crippen molar-refractivity contribution in [1.82, 2.24) is 9.55 Å². The van der Waals surface area contributed by atoms with E-state index >= 15 is 0 Å². The summed E-state index contributed by atoms with van der Waals surface area (Å²) in [5.41, 5.74) is 7.07. The molecule has 0 fully saturated rings. The van der Waals surface area contributed by atoms with E-state index in [1.165, 1.54) is 6.07 Å². The van der Waals surface area contributed by atoms with Crippen LogP contribution >= 0.6 is 0 Å². The van der Waals surface area contributed by atoms with Gasteiger partial charge in [0.1, 0.15) is 11.6 Å². The summed E-state index contributed by atoms with van der Waals surface area (Å²) in [6, 6.07) is 4.60. The number of halogens is 1. The number of aromatic nitrogens is 2.